The van der Waals surface area contributed by atoms with Crippen LogP contribution in [0.2, 0.25) is 0 Å². The number of carbonyl (C=O) groups excluding carboxylic acids is 1. The first-order valence-electron chi connectivity index (χ1n) is 7.22. The number of nitrogens with zero attached hydrogens (tertiary/aromatic N) is 3. The highest BCUT2D eigenvalue weighted by atomic mass is 16.5. The Hall–Kier alpha value is -1.90. The molecule has 0 bridgehead atoms. The third-order valence-electron chi connectivity index (χ3n) is 3.61. The van der Waals surface area contributed by atoms with E-state index in [1.165, 1.54) is 0 Å². The Kier molecular flexibility index (Phi) is 5.73. The van der Waals surface area contributed by atoms with Crippen molar-refractivity contribution in [2.24, 2.45) is 0 Å². The topological polar surface area (TPSA) is 56.6 Å². The van der Waals surface area contributed by atoms with Gasteiger partial charge in [-0.15, -0.1) is 0 Å². The van der Waals surface area contributed by atoms with Crippen LogP contribution < -0.4 is 0 Å². The second kappa shape index (κ2) is 7.77. The number of amides is 1. The first kappa shape index (κ1) is 15.5. The lowest BCUT2D eigenvalue weighted by Gasteiger charge is -2.27. The number of morpholine rings is 1. The van der Waals surface area contributed by atoms with Gasteiger partial charge in [0, 0.05) is 32.6 Å². The largest absolute Gasteiger partial charge is 0.378 e. The molecule has 1 amide bonds. The maximum atomic E-state index is 12.0. The van der Waals surface area contributed by atoms with E-state index in [1.54, 1.807) is 0 Å². The van der Waals surface area contributed by atoms with Gasteiger partial charge in [-0.05, 0) is 24.7 Å². The first-order valence-corrected chi connectivity index (χ1v) is 7.22. The molecule has 2 rings (SSSR count). The van der Waals surface area contributed by atoms with Crippen LogP contribution in [0.15, 0.2) is 24.3 Å². The summed E-state index contributed by atoms with van der Waals surface area (Å²) < 4.78 is 5.25. The van der Waals surface area contributed by atoms with Crippen LogP contribution in [0, 0.1) is 11.3 Å². The van der Waals surface area contributed by atoms with Gasteiger partial charge in [0.25, 0.3) is 0 Å². The van der Waals surface area contributed by atoms with Crippen molar-refractivity contribution in [3.63, 3.8) is 0 Å². The predicted octanol–water partition coefficient (Wildman–Crippen LogP) is 1.24. The summed E-state index contributed by atoms with van der Waals surface area (Å²) in [7, 11) is 2.00. The number of nitriles is 1. The molecular formula is C16H21N3O2. The zero-order valence-corrected chi connectivity index (χ0v) is 12.4. The third-order valence-corrected chi connectivity index (χ3v) is 3.61. The number of rotatable bonds is 5. The lowest BCUT2D eigenvalue weighted by molar-refractivity contribution is -0.135. The van der Waals surface area contributed by atoms with E-state index in [2.05, 4.69) is 11.0 Å². The summed E-state index contributed by atoms with van der Waals surface area (Å²) in [5, 5.41) is 8.77. The summed E-state index contributed by atoms with van der Waals surface area (Å²) in [5.74, 6) is 0.199. The smallest absolute Gasteiger partial charge is 0.224 e. The van der Waals surface area contributed by atoms with E-state index in [0.29, 0.717) is 38.3 Å². The van der Waals surface area contributed by atoms with Crippen LogP contribution in [-0.2, 0) is 16.1 Å². The molecule has 0 saturated carbocycles. The maximum absolute atomic E-state index is 12.0. The Bertz CT molecular complexity index is 501. The van der Waals surface area contributed by atoms with Crippen LogP contribution in [0.3, 0.4) is 0 Å². The van der Waals surface area contributed by atoms with Crippen molar-refractivity contribution in [1.29, 1.82) is 5.26 Å². The Morgan fingerprint density at radius 2 is 2.00 bits per heavy atom. The van der Waals surface area contributed by atoms with Gasteiger partial charge < -0.3 is 14.5 Å². The molecule has 1 aliphatic heterocycles. The van der Waals surface area contributed by atoms with Gasteiger partial charge in [-0.2, -0.15) is 5.26 Å². The SMILES string of the molecule is CN(CCC(=O)N1CCOCC1)Cc1ccc(C#N)cc1. The van der Waals surface area contributed by atoms with Crippen LogP contribution >= 0.6 is 0 Å². The van der Waals surface area contributed by atoms with Crippen LogP contribution in [0.5, 0.6) is 0 Å². The van der Waals surface area contributed by atoms with Crippen molar-refractivity contribution in [2.45, 2.75) is 13.0 Å². The van der Waals surface area contributed by atoms with Crippen molar-refractivity contribution in [3.8, 4) is 6.07 Å². The van der Waals surface area contributed by atoms with E-state index < -0.39 is 0 Å². The van der Waals surface area contributed by atoms with E-state index in [9.17, 15) is 4.79 Å². The van der Waals surface area contributed by atoms with Gasteiger partial charge in [-0.25, -0.2) is 0 Å². The molecule has 5 nitrogen and oxygen atoms in total. The molecule has 0 aromatic heterocycles. The molecule has 1 aliphatic rings. The van der Waals surface area contributed by atoms with E-state index >= 15 is 0 Å². The molecular weight excluding hydrogens is 266 g/mol. The molecule has 112 valence electrons. The Morgan fingerprint density at radius 1 is 1.33 bits per heavy atom. The summed E-state index contributed by atoms with van der Waals surface area (Å²) in [5.41, 5.74) is 1.82. The summed E-state index contributed by atoms with van der Waals surface area (Å²) in [6, 6.07) is 9.67. The summed E-state index contributed by atoms with van der Waals surface area (Å²) in [6.07, 6.45) is 0.535. The fraction of sp³-hybridized carbons (Fsp3) is 0.500. The minimum atomic E-state index is 0.199. The molecule has 1 fully saturated rings. The molecule has 1 aromatic carbocycles. The number of hydrogen-bond donors (Lipinski definition) is 0. The highest BCUT2D eigenvalue weighted by Crippen LogP contribution is 2.07. The predicted molar refractivity (Wildman–Crippen MR) is 79.5 cm³/mol. The van der Waals surface area contributed by atoms with Gasteiger partial charge in [0.05, 0.1) is 24.8 Å². The van der Waals surface area contributed by atoms with Gasteiger partial charge in [0.2, 0.25) is 5.91 Å². The van der Waals surface area contributed by atoms with Gasteiger partial charge in [0.1, 0.15) is 0 Å². The number of ether oxygens (including phenoxy) is 1. The Labute approximate surface area is 125 Å². The maximum Gasteiger partial charge on any atom is 0.224 e. The fourth-order valence-electron chi connectivity index (χ4n) is 2.33. The van der Waals surface area contributed by atoms with Crippen molar-refractivity contribution < 1.29 is 9.53 Å². The van der Waals surface area contributed by atoms with E-state index in [0.717, 1.165) is 18.7 Å². The van der Waals surface area contributed by atoms with Gasteiger partial charge in [-0.1, -0.05) is 12.1 Å². The van der Waals surface area contributed by atoms with Gasteiger partial charge in [0.15, 0.2) is 0 Å². The lowest BCUT2D eigenvalue weighted by Crippen LogP contribution is -2.41. The average Bonchev–Trinajstić information content (AvgIpc) is 2.54. The standard InChI is InChI=1S/C16H21N3O2/c1-18(13-15-4-2-14(12-17)3-5-15)7-6-16(20)19-8-10-21-11-9-19/h2-5H,6-11,13H2,1H3. The van der Waals surface area contributed by atoms with Crippen molar-refractivity contribution in [1.82, 2.24) is 9.80 Å². The van der Waals surface area contributed by atoms with Crippen LogP contribution in [0.1, 0.15) is 17.5 Å². The van der Waals surface area contributed by atoms with Crippen LogP contribution in [0.4, 0.5) is 0 Å². The van der Waals surface area contributed by atoms with Crippen molar-refractivity contribution in [2.75, 3.05) is 39.9 Å². The van der Waals surface area contributed by atoms with Crippen LogP contribution in [0.25, 0.3) is 0 Å². The molecule has 0 atom stereocenters. The van der Waals surface area contributed by atoms with E-state index in [4.69, 9.17) is 10.00 Å². The van der Waals surface area contributed by atoms with Gasteiger partial charge >= 0.3 is 0 Å². The van der Waals surface area contributed by atoms with E-state index in [1.807, 2.05) is 36.2 Å². The van der Waals surface area contributed by atoms with Crippen molar-refractivity contribution in [3.05, 3.63) is 35.4 Å². The fourth-order valence-corrected chi connectivity index (χ4v) is 2.33. The van der Waals surface area contributed by atoms with Crippen LogP contribution in [-0.4, -0.2) is 55.6 Å². The minimum Gasteiger partial charge on any atom is -0.378 e. The second-order valence-electron chi connectivity index (χ2n) is 5.29. The molecule has 1 heterocycles. The molecule has 1 saturated heterocycles. The highest BCUT2D eigenvalue weighted by Gasteiger charge is 2.16. The van der Waals surface area contributed by atoms with E-state index in [-0.39, 0.29) is 5.91 Å². The number of carbonyl (C=O) groups is 1. The average molecular weight is 287 g/mol. The molecule has 0 aliphatic carbocycles. The summed E-state index contributed by atoms with van der Waals surface area (Å²) in [6.45, 7) is 4.22. The molecule has 21 heavy (non-hydrogen) atoms. The number of hydrogen-bond acceptors (Lipinski definition) is 4. The zero-order valence-electron chi connectivity index (χ0n) is 12.4. The van der Waals surface area contributed by atoms with Gasteiger partial charge in [-0.3, -0.25) is 4.79 Å². The Morgan fingerprint density at radius 3 is 2.62 bits per heavy atom. The quantitative estimate of drug-likeness (QED) is 0.817. The Balaban J connectivity index is 1.74. The first-order chi connectivity index (χ1) is 10.2. The lowest BCUT2D eigenvalue weighted by atomic mass is 10.1. The monoisotopic (exact) mass is 287 g/mol. The third kappa shape index (κ3) is 4.85. The zero-order chi connectivity index (χ0) is 15.1. The molecule has 0 N–H and O–H groups in total. The second-order valence-corrected chi connectivity index (χ2v) is 5.29. The minimum absolute atomic E-state index is 0.199. The molecule has 0 spiro atoms. The number of benzene rings is 1. The normalized spacial score (nSPS) is 15.0. The molecule has 0 unspecified atom stereocenters. The highest BCUT2D eigenvalue weighted by molar-refractivity contribution is 5.76. The summed E-state index contributed by atoms with van der Waals surface area (Å²) in [4.78, 5) is 16.0. The van der Waals surface area contributed by atoms with Crippen molar-refractivity contribution >= 4 is 5.91 Å². The molecule has 1 aromatic rings. The molecule has 5 heteroatoms. The molecule has 0 radical (unpaired) electrons. The summed E-state index contributed by atoms with van der Waals surface area (Å²) >= 11 is 0.